The van der Waals surface area contributed by atoms with Crippen molar-refractivity contribution in [1.82, 2.24) is 10.0 Å². The zero-order valence-corrected chi connectivity index (χ0v) is 15.3. The van der Waals surface area contributed by atoms with Crippen LogP contribution in [0.1, 0.15) is 21.5 Å². The first-order valence-corrected chi connectivity index (χ1v) is 8.41. The van der Waals surface area contributed by atoms with Crippen molar-refractivity contribution < 1.29 is 19.2 Å². The fourth-order valence-corrected chi connectivity index (χ4v) is 2.88. The topological polar surface area (TPSA) is 106 Å². The Kier molecular flexibility index (Phi) is 5.29. The molecule has 2 heterocycles. The van der Waals surface area contributed by atoms with Gasteiger partial charge in [0.2, 0.25) is 0 Å². The molecule has 0 aliphatic rings. The lowest BCUT2D eigenvalue weighted by molar-refractivity contribution is 0.0169. The minimum atomic E-state index is -0.591. The first-order valence-electron chi connectivity index (χ1n) is 8.41. The molecule has 3 aromatic rings. The van der Waals surface area contributed by atoms with E-state index in [4.69, 9.17) is 14.4 Å². The number of nitrogens with one attached hydrogen (secondary N) is 2. The third-order valence-corrected chi connectivity index (χ3v) is 4.22. The lowest BCUT2D eigenvalue weighted by Gasteiger charge is -2.17. The third-order valence-electron chi connectivity index (χ3n) is 4.22. The number of fused-ring (bicyclic) bond motifs is 1. The molecule has 0 aliphatic carbocycles. The van der Waals surface area contributed by atoms with Gasteiger partial charge in [-0.3, -0.25) is 19.0 Å². The highest BCUT2D eigenvalue weighted by atomic mass is 16.7. The summed E-state index contributed by atoms with van der Waals surface area (Å²) in [7, 11) is 1.58. The van der Waals surface area contributed by atoms with Gasteiger partial charge in [-0.1, -0.05) is 17.7 Å². The first kappa shape index (κ1) is 18.7. The highest BCUT2D eigenvalue weighted by Gasteiger charge is 2.24. The monoisotopic (exact) mass is 371 g/mol. The molecule has 0 spiro atoms. The molecule has 2 aromatic heterocycles. The van der Waals surface area contributed by atoms with Gasteiger partial charge in [-0.2, -0.15) is 0 Å². The molecule has 1 aromatic carbocycles. The second-order valence-electron chi connectivity index (χ2n) is 6.20. The summed E-state index contributed by atoms with van der Waals surface area (Å²) < 4.78 is 6.78. The number of amides is 1. The number of aliphatic hydroxyl groups excluding tert-OH is 1. The van der Waals surface area contributed by atoms with E-state index < -0.39 is 5.91 Å². The summed E-state index contributed by atoms with van der Waals surface area (Å²) in [6, 6.07) is 7.33. The molecule has 1 amide bonds. The van der Waals surface area contributed by atoms with Gasteiger partial charge in [0.05, 0.1) is 24.9 Å². The maximum atomic E-state index is 12.7. The van der Waals surface area contributed by atoms with Crippen LogP contribution >= 0.6 is 0 Å². The summed E-state index contributed by atoms with van der Waals surface area (Å²) in [5, 5.41) is 12.3. The summed E-state index contributed by atoms with van der Waals surface area (Å²) in [5.74, 6) is -0.314. The van der Waals surface area contributed by atoms with Crippen molar-refractivity contribution in [2.45, 2.75) is 13.8 Å². The summed E-state index contributed by atoms with van der Waals surface area (Å²) in [5.41, 5.74) is 5.09. The van der Waals surface area contributed by atoms with Gasteiger partial charge in [0, 0.05) is 12.7 Å². The molecule has 0 atom stereocenters. The van der Waals surface area contributed by atoms with Gasteiger partial charge >= 0.3 is 0 Å². The molecule has 0 radical (unpaired) electrons. The van der Waals surface area contributed by atoms with Crippen LogP contribution in [0.4, 0.5) is 11.5 Å². The number of aromatic nitrogens is 1. The fraction of sp³-hybridized carbons (Fsp3) is 0.263. The Balaban J connectivity index is 2.14. The molecule has 0 aliphatic heterocycles. The Labute approximate surface area is 155 Å². The number of aliphatic hydroxyl groups is 1. The van der Waals surface area contributed by atoms with Gasteiger partial charge in [0.25, 0.3) is 11.5 Å². The van der Waals surface area contributed by atoms with E-state index in [0.717, 1.165) is 16.8 Å². The second kappa shape index (κ2) is 7.65. The number of furan rings is 1. The van der Waals surface area contributed by atoms with Gasteiger partial charge in [-0.05, 0) is 31.5 Å². The molecule has 0 fully saturated rings. The van der Waals surface area contributed by atoms with E-state index in [9.17, 15) is 9.59 Å². The Morgan fingerprint density at radius 1 is 1.30 bits per heavy atom. The molecule has 27 heavy (non-hydrogen) atoms. The summed E-state index contributed by atoms with van der Waals surface area (Å²) in [4.78, 5) is 30.3. The number of carbonyl (C=O) groups excluding carboxylic acids is 1. The average Bonchev–Trinajstić information content (AvgIpc) is 3.11. The van der Waals surface area contributed by atoms with Crippen molar-refractivity contribution in [3.05, 3.63) is 57.6 Å². The van der Waals surface area contributed by atoms with E-state index in [-0.39, 0.29) is 41.1 Å². The van der Waals surface area contributed by atoms with Gasteiger partial charge in [0.15, 0.2) is 5.58 Å². The van der Waals surface area contributed by atoms with Crippen molar-refractivity contribution in [1.29, 1.82) is 0 Å². The van der Waals surface area contributed by atoms with Crippen molar-refractivity contribution in [3.8, 4) is 0 Å². The lowest BCUT2D eigenvalue weighted by Crippen LogP contribution is -2.29. The number of rotatable bonds is 6. The van der Waals surface area contributed by atoms with E-state index in [1.54, 1.807) is 7.05 Å². The number of anilines is 2. The number of hydrogen-bond donors (Lipinski definition) is 3. The normalized spacial score (nSPS) is 11.0. The van der Waals surface area contributed by atoms with E-state index in [2.05, 4.69) is 10.8 Å². The smallest absolute Gasteiger partial charge is 0.282 e. The van der Waals surface area contributed by atoms with Gasteiger partial charge in [-0.15, -0.1) is 0 Å². The summed E-state index contributed by atoms with van der Waals surface area (Å²) in [6.07, 6.45) is 1.36. The molecule has 3 N–H and O–H groups in total. The maximum Gasteiger partial charge on any atom is 0.282 e. The number of hydrogen-bond acceptors (Lipinski definition) is 6. The molecule has 8 heteroatoms. The Bertz CT molecular complexity index is 1050. The molecule has 142 valence electrons. The van der Waals surface area contributed by atoms with E-state index >= 15 is 0 Å². The quantitative estimate of drug-likeness (QED) is 0.453. The number of pyridine rings is 1. The predicted octanol–water partition coefficient (Wildman–Crippen LogP) is 2.15. The van der Waals surface area contributed by atoms with Crippen LogP contribution in [0.5, 0.6) is 0 Å². The number of benzene rings is 1. The molecular weight excluding hydrogens is 350 g/mol. The van der Waals surface area contributed by atoms with E-state index in [0.29, 0.717) is 0 Å². The zero-order chi connectivity index (χ0) is 19.6. The molecule has 3 rings (SSSR count). The summed E-state index contributed by atoms with van der Waals surface area (Å²) >= 11 is 0. The van der Waals surface area contributed by atoms with Crippen molar-refractivity contribution in [2.75, 3.05) is 18.5 Å². The van der Waals surface area contributed by atoms with Gasteiger partial charge in [0.1, 0.15) is 11.4 Å². The average molecular weight is 371 g/mol. The maximum absolute atomic E-state index is 12.7. The zero-order valence-electron chi connectivity index (χ0n) is 15.3. The van der Waals surface area contributed by atoms with E-state index in [1.807, 2.05) is 32.0 Å². The molecule has 0 saturated carbocycles. The van der Waals surface area contributed by atoms with Crippen molar-refractivity contribution in [2.24, 2.45) is 7.05 Å². The molecule has 8 nitrogen and oxygen atoms in total. The van der Waals surface area contributed by atoms with Crippen LogP contribution in [0.25, 0.3) is 11.0 Å². The van der Waals surface area contributed by atoms with Crippen LogP contribution in [-0.4, -0.2) is 28.8 Å². The van der Waals surface area contributed by atoms with Crippen LogP contribution < -0.4 is 16.4 Å². The number of hydroxylamine groups is 1. The van der Waals surface area contributed by atoms with E-state index in [1.165, 1.54) is 16.9 Å². The third kappa shape index (κ3) is 3.57. The lowest BCUT2D eigenvalue weighted by atomic mass is 10.1. The minimum Gasteiger partial charge on any atom is -0.463 e. The largest absolute Gasteiger partial charge is 0.463 e. The first-order chi connectivity index (χ1) is 12.9. The van der Waals surface area contributed by atoms with Crippen LogP contribution in [0.2, 0.25) is 0 Å². The summed E-state index contributed by atoms with van der Waals surface area (Å²) in [6.45, 7) is 3.62. The highest BCUT2D eigenvalue weighted by molar-refractivity contribution is 6.09. The van der Waals surface area contributed by atoms with Crippen LogP contribution in [-0.2, 0) is 11.9 Å². The molecular formula is C19H21N3O5. The second-order valence-corrected chi connectivity index (χ2v) is 6.20. The van der Waals surface area contributed by atoms with Gasteiger partial charge < -0.3 is 14.8 Å². The number of aryl methyl sites for hydroxylation is 2. The predicted molar refractivity (Wildman–Crippen MR) is 101 cm³/mol. The Hall–Kier alpha value is -3.10. The van der Waals surface area contributed by atoms with Crippen molar-refractivity contribution >= 4 is 28.4 Å². The van der Waals surface area contributed by atoms with Crippen LogP contribution in [0, 0.1) is 13.8 Å². The molecule has 0 bridgehead atoms. The van der Waals surface area contributed by atoms with Crippen LogP contribution in [0.15, 0.2) is 39.7 Å². The number of carbonyl (C=O) groups is 1. The van der Waals surface area contributed by atoms with Crippen LogP contribution in [0.3, 0.4) is 0 Å². The fourth-order valence-electron chi connectivity index (χ4n) is 2.88. The Morgan fingerprint density at radius 2 is 2.07 bits per heavy atom. The van der Waals surface area contributed by atoms with Gasteiger partial charge in [-0.25, -0.2) is 5.48 Å². The number of nitrogens with zero attached hydrogens (tertiary/aromatic N) is 1. The molecule has 0 saturated heterocycles. The standard InChI is InChI=1S/C19H21N3O5/c1-11-4-5-14(12(2)10-11)20-17-15(18(24)21-27-9-7-23)16-13(6-8-26-16)19(25)22(17)3/h4-6,8,10,20,23H,7,9H2,1-3H3,(H,21,24). The highest BCUT2D eigenvalue weighted by Crippen LogP contribution is 2.28. The van der Waals surface area contributed by atoms with Crippen molar-refractivity contribution in [3.63, 3.8) is 0 Å². The SMILES string of the molecule is Cc1ccc(Nc2c(C(=O)NOCCO)c3occc3c(=O)n2C)c(C)c1. The minimum absolute atomic E-state index is 0.0569. The molecule has 0 unspecified atom stereocenters. The Morgan fingerprint density at radius 3 is 2.78 bits per heavy atom.